The van der Waals surface area contributed by atoms with Crippen LogP contribution in [0.1, 0.15) is 37.1 Å². The summed E-state index contributed by atoms with van der Waals surface area (Å²) in [7, 11) is 1.78. The van der Waals surface area contributed by atoms with Crippen LogP contribution in [-0.2, 0) is 11.8 Å². The van der Waals surface area contributed by atoms with Crippen LogP contribution in [0.5, 0.6) is 0 Å². The van der Waals surface area contributed by atoms with Gasteiger partial charge in [-0.2, -0.15) is 5.10 Å². The molecule has 1 unspecified atom stereocenters. The van der Waals surface area contributed by atoms with Crippen LogP contribution in [0.3, 0.4) is 0 Å². The number of aromatic nitrogens is 3. The fraction of sp³-hybridized carbons (Fsp3) is 0.417. The topological polar surface area (TPSA) is 85.8 Å². The molecular formula is C12H17N5OS. The molecule has 19 heavy (non-hydrogen) atoms. The molecule has 1 atom stereocenters. The minimum atomic E-state index is -0.736. The number of nitrogens with one attached hydrogen (secondary N) is 1. The van der Waals surface area contributed by atoms with E-state index in [1.807, 2.05) is 5.38 Å². The van der Waals surface area contributed by atoms with Gasteiger partial charge in [0.1, 0.15) is 6.04 Å². The van der Waals surface area contributed by atoms with Crippen molar-refractivity contribution < 1.29 is 4.79 Å². The fourth-order valence-electron chi connectivity index (χ4n) is 1.54. The zero-order chi connectivity index (χ0) is 14.0. The molecule has 0 radical (unpaired) electrons. The van der Waals surface area contributed by atoms with Gasteiger partial charge in [-0.1, -0.05) is 13.8 Å². The van der Waals surface area contributed by atoms with Gasteiger partial charge in [-0.05, 0) is 5.92 Å². The van der Waals surface area contributed by atoms with Gasteiger partial charge in [0.15, 0.2) is 5.13 Å². The van der Waals surface area contributed by atoms with Gasteiger partial charge in [0.25, 0.3) is 0 Å². The number of carbonyl (C=O) groups excluding carboxylic acids is 1. The maximum atomic E-state index is 12.0. The van der Waals surface area contributed by atoms with E-state index in [0.29, 0.717) is 16.6 Å². The molecule has 0 aliphatic heterocycles. The molecule has 0 saturated carbocycles. The summed E-state index contributed by atoms with van der Waals surface area (Å²) in [6, 6.07) is -0.736. The maximum absolute atomic E-state index is 12.0. The van der Waals surface area contributed by atoms with E-state index in [1.54, 1.807) is 24.1 Å². The van der Waals surface area contributed by atoms with Crippen molar-refractivity contribution in [2.45, 2.75) is 25.8 Å². The second kappa shape index (κ2) is 5.50. The van der Waals surface area contributed by atoms with Gasteiger partial charge in [0, 0.05) is 24.2 Å². The number of anilines is 1. The van der Waals surface area contributed by atoms with Gasteiger partial charge in [0.2, 0.25) is 5.91 Å². The van der Waals surface area contributed by atoms with Crippen molar-refractivity contribution >= 4 is 22.4 Å². The Morgan fingerprint density at radius 2 is 2.26 bits per heavy atom. The maximum Gasteiger partial charge on any atom is 0.247 e. The lowest BCUT2D eigenvalue weighted by Crippen LogP contribution is -2.27. The first-order chi connectivity index (χ1) is 8.97. The van der Waals surface area contributed by atoms with Crippen molar-refractivity contribution in [3.63, 3.8) is 0 Å². The van der Waals surface area contributed by atoms with Crippen LogP contribution in [0.25, 0.3) is 0 Å². The molecule has 2 aromatic rings. The van der Waals surface area contributed by atoms with E-state index in [0.717, 1.165) is 5.69 Å². The molecule has 0 aliphatic rings. The number of hydrogen-bond acceptors (Lipinski definition) is 5. The van der Waals surface area contributed by atoms with Crippen LogP contribution in [0.4, 0.5) is 5.13 Å². The van der Waals surface area contributed by atoms with Gasteiger partial charge < -0.3 is 11.1 Å². The minimum absolute atomic E-state index is 0.280. The van der Waals surface area contributed by atoms with E-state index < -0.39 is 6.04 Å². The smallest absolute Gasteiger partial charge is 0.247 e. The Morgan fingerprint density at radius 3 is 2.79 bits per heavy atom. The third-order valence-corrected chi connectivity index (χ3v) is 3.49. The molecule has 0 saturated heterocycles. The quantitative estimate of drug-likeness (QED) is 0.890. The first kappa shape index (κ1) is 13.7. The Morgan fingerprint density at radius 1 is 1.53 bits per heavy atom. The van der Waals surface area contributed by atoms with Crippen molar-refractivity contribution in [1.82, 2.24) is 14.8 Å². The van der Waals surface area contributed by atoms with Gasteiger partial charge in [-0.25, -0.2) is 4.98 Å². The Balaban J connectivity index is 2.04. The summed E-state index contributed by atoms with van der Waals surface area (Å²) in [6.45, 7) is 4.12. The Kier molecular flexibility index (Phi) is 3.96. The minimum Gasteiger partial charge on any atom is -0.316 e. The molecule has 3 N–H and O–H groups in total. The molecule has 7 heteroatoms. The van der Waals surface area contributed by atoms with Crippen molar-refractivity contribution in [2.75, 3.05) is 5.32 Å². The normalized spacial score (nSPS) is 12.7. The Labute approximate surface area is 115 Å². The lowest BCUT2D eigenvalue weighted by molar-refractivity contribution is -0.117. The SMILES string of the molecule is CC(C)c1csc(NC(=O)C(N)c2cnn(C)c2)n1. The number of amides is 1. The van der Waals surface area contributed by atoms with Crippen molar-refractivity contribution in [1.29, 1.82) is 0 Å². The second-order valence-electron chi connectivity index (χ2n) is 4.65. The number of nitrogens with two attached hydrogens (primary N) is 1. The summed E-state index contributed by atoms with van der Waals surface area (Å²) in [5.41, 5.74) is 7.53. The van der Waals surface area contributed by atoms with Crippen LogP contribution >= 0.6 is 11.3 Å². The molecule has 0 fully saturated rings. The Hall–Kier alpha value is -1.73. The summed E-state index contributed by atoms with van der Waals surface area (Å²) in [5, 5.41) is 9.25. The molecule has 102 valence electrons. The monoisotopic (exact) mass is 279 g/mol. The summed E-state index contributed by atoms with van der Waals surface area (Å²) < 4.78 is 1.61. The first-order valence-electron chi connectivity index (χ1n) is 5.97. The van der Waals surface area contributed by atoms with Gasteiger partial charge in [-0.3, -0.25) is 9.48 Å². The van der Waals surface area contributed by atoms with Crippen molar-refractivity contribution in [3.05, 3.63) is 29.0 Å². The number of hydrogen-bond donors (Lipinski definition) is 2. The van der Waals surface area contributed by atoms with Crippen molar-refractivity contribution in [3.8, 4) is 0 Å². The van der Waals surface area contributed by atoms with Gasteiger partial charge in [-0.15, -0.1) is 11.3 Å². The lowest BCUT2D eigenvalue weighted by Gasteiger charge is -2.08. The van der Waals surface area contributed by atoms with E-state index in [-0.39, 0.29) is 5.91 Å². The zero-order valence-electron chi connectivity index (χ0n) is 11.1. The fourth-order valence-corrected chi connectivity index (χ4v) is 2.42. The molecule has 0 aliphatic carbocycles. The molecular weight excluding hydrogens is 262 g/mol. The predicted molar refractivity (Wildman–Crippen MR) is 75.0 cm³/mol. The van der Waals surface area contributed by atoms with Crippen LogP contribution < -0.4 is 11.1 Å². The number of thiazole rings is 1. The van der Waals surface area contributed by atoms with E-state index in [2.05, 4.69) is 29.2 Å². The molecule has 1 amide bonds. The van der Waals surface area contributed by atoms with Gasteiger partial charge >= 0.3 is 0 Å². The Bertz CT molecular complexity index is 574. The highest BCUT2D eigenvalue weighted by molar-refractivity contribution is 7.13. The molecule has 2 heterocycles. The third kappa shape index (κ3) is 3.18. The van der Waals surface area contributed by atoms with E-state index >= 15 is 0 Å². The third-order valence-electron chi connectivity index (χ3n) is 2.71. The average Bonchev–Trinajstić information content (AvgIpc) is 2.97. The summed E-state index contributed by atoms with van der Waals surface area (Å²) in [4.78, 5) is 16.3. The van der Waals surface area contributed by atoms with E-state index in [4.69, 9.17) is 5.73 Å². The summed E-state index contributed by atoms with van der Waals surface area (Å²) in [6.07, 6.45) is 3.32. The highest BCUT2D eigenvalue weighted by Gasteiger charge is 2.18. The van der Waals surface area contributed by atoms with Crippen molar-refractivity contribution in [2.24, 2.45) is 12.8 Å². The summed E-state index contributed by atoms with van der Waals surface area (Å²) >= 11 is 1.40. The standard InChI is InChI=1S/C12H17N5OS/c1-7(2)9-6-19-12(15-9)16-11(18)10(13)8-4-14-17(3)5-8/h4-7,10H,13H2,1-3H3,(H,15,16,18). The second-order valence-corrected chi connectivity index (χ2v) is 5.50. The number of nitrogens with zero attached hydrogens (tertiary/aromatic N) is 3. The predicted octanol–water partition coefficient (Wildman–Crippen LogP) is 1.64. The highest BCUT2D eigenvalue weighted by Crippen LogP contribution is 2.22. The number of aryl methyl sites for hydroxylation is 1. The van der Waals surface area contributed by atoms with E-state index in [9.17, 15) is 4.79 Å². The zero-order valence-corrected chi connectivity index (χ0v) is 11.9. The molecule has 0 aromatic carbocycles. The lowest BCUT2D eigenvalue weighted by atomic mass is 10.1. The van der Waals surface area contributed by atoms with Crippen LogP contribution in [0.15, 0.2) is 17.8 Å². The highest BCUT2D eigenvalue weighted by atomic mass is 32.1. The van der Waals surface area contributed by atoms with Crippen LogP contribution in [-0.4, -0.2) is 20.7 Å². The van der Waals surface area contributed by atoms with Crippen LogP contribution in [0.2, 0.25) is 0 Å². The average molecular weight is 279 g/mol. The first-order valence-corrected chi connectivity index (χ1v) is 6.85. The summed E-state index contributed by atoms with van der Waals surface area (Å²) in [5.74, 6) is 0.0616. The molecule has 0 spiro atoms. The molecule has 6 nitrogen and oxygen atoms in total. The van der Waals surface area contributed by atoms with E-state index in [1.165, 1.54) is 11.3 Å². The van der Waals surface area contributed by atoms with Gasteiger partial charge in [0.05, 0.1) is 11.9 Å². The number of carbonyl (C=O) groups is 1. The molecule has 0 bridgehead atoms. The largest absolute Gasteiger partial charge is 0.316 e. The molecule has 2 rings (SSSR count). The van der Waals surface area contributed by atoms with Crippen LogP contribution in [0, 0.1) is 0 Å². The molecule has 2 aromatic heterocycles. The number of rotatable bonds is 4.